The van der Waals surface area contributed by atoms with Gasteiger partial charge in [-0.05, 0) is 74.0 Å². The first-order valence-electron chi connectivity index (χ1n) is 10.4. The maximum absolute atomic E-state index is 12.8. The summed E-state index contributed by atoms with van der Waals surface area (Å²) in [6, 6.07) is 15.5. The Hall–Kier alpha value is -4.08. The van der Waals surface area contributed by atoms with Crippen LogP contribution in [0, 0.1) is 13.8 Å². The van der Waals surface area contributed by atoms with E-state index in [9.17, 15) is 18.0 Å². The number of hydrogen-bond donors (Lipinski definition) is 2. The Morgan fingerprint density at radius 3 is 2.38 bits per heavy atom. The minimum atomic E-state index is -4.56. The van der Waals surface area contributed by atoms with Gasteiger partial charge in [-0.25, -0.2) is 4.98 Å². The number of halogens is 3. The summed E-state index contributed by atoms with van der Waals surface area (Å²) in [5, 5.41) is 10.3. The van der Waals surface area contributed by atoms with E-state index in [1.807, 2.05) is 37.3 Å². The first-order valence-corrected chi connectivity index (χ1v) is 10.4. The number of carbonyl (C=O) groups excluding carboxylic acids is 1. The van der Waals surface area contributed by atoms with Crippen LogP contribution in [0.25, 0.3) is 10.9 Å². The molecular weight excluding hydrogens is 447 g/mol. The minimum absolute atomic E-state index is 0.248. The minimum Gasteiger partial charge on any atom is -0.497 e. The van der Waals surface area contributed by atoms with Crippen LogP contribution in [0.4, 0.5) is 30.4 Å². The van der Waals surface area contributed by atoms with Crippen molar-refractivity contribution in [1.29, 1.82) is 0 Å². The first-order chi connectivity index (χ1) is 16.1. The Balaban J connectivity index is 1.49. The van der Waals surface area contributed by atoms with E-state index < -0.39 is 17.8 Å². The van der Waals surface area contributed by atoms with Gasteiger partial charge in [0, 0.05) is 22.5 Å². The molecule has 2 N–H and O–H groups in total. The summed E-state index contributed by atoms with van der Waals surface area (Å²) in [7, 11) is 1.61. The molecule has 0 aliphatic rings. The van der Waals surface area contributed by atoms with E-state index in [1.54, 1.807) is 25.3 Å². The number of rotatable bonds is 6. The van der Waals surface area contributed by atoms with Crippen LogP contribution in [0.5, 0.6) is 5.75 Å². The Morgan fingerprint density at radius 2 is 1.74 bits per heavy atom. The van der Waals surface area contributed by atoms with Gasteiger partial charge in [0.25, 0.3) is 0 Å². The number of benzene rings is 2. The van der Waals surface area contributed by atoms with Crippen molar-refractivity contribution >= 4 is 34.0 Å². The molecule has 1 amide bonds. The van der Waals surface area contributed by atoms with Crippen molar-refractivity contribution in [2.24, 2.45) is 0 Å². The molecule has 2 heterocycles. The monoisotopic (exact) mass is 469 g/mol. The lowest BCUT2D eigenvalue weighted by molar-refractivity contribution is -0.141. The highest BCUT2D eigenvalue weighted by Crippen LogP contribution is 2.29. The number of aromatic nitrogens is 3. The predicted molar refractivity (Wildman–Crippen MR) is 123 cm³/mol. The highest BCUT2D eigenvalue weighted by atomic mass is 19.4. The molecule has 0 saturated carbocycles. The number of anilines is 3. The normalized spacial score (nSPS) is 11.5. The van der Waals surface area contributed by atoms with Crippen molar-refractivity contribution in [3.63, 3.8) is 0 Å². The third kappa shape index (κ3) is 5.11. The van der Waals surface area contributed by atoms with E-state index in [1.165, 1.54) is 6.92 Å². The van der Waals surface area contributed by atoms with Gasteiger partial charge in [-0.15, -0.1) is 0 Å². The zero-order valence-corrected chi connectivity index (χ0v) is 18.7. The van der Waals surface area contributed by atoms with Crippen molar-refractivity contribution in [3.8, 4) is 5.75 Å². The Labute approximate surface area is 193 Å². The average Bonchev–Trinajstić information content (AvgIpc) is 3.15. The summed E-state index contributed by atoms with van der Waals surface area (Å²) < 4.78 is 44.7. The molecule has 4 rings (SSSR count). The first kappa shape index (κ1) is 23.1. The molecule has 0 bridgehead atoms. The maximum atomic E-state index is 12.8. The van der Waals surface area contributed by atoms with Crippen molar-refractivity contribution in [2.75, 3.05) is 17.7 Å². The molecule has 34 heavy (non-hydrogen) atoms. The summed E-state index contributed by atoms with van der Waals surface area (Å²) in [5.74, 6) is 0.940. The third-order valence-electron chi connectivity index (χ3n) is 5.23. The van der Waals surface area contributed by atoms with Gasteiger partial charge in [-0.3, -0.25) is 9.48 Å². The topological polar surface area (TPSA) is 81.1 Å². The molecule has 2 aromatic carbocycles. The zero-order valence-electron chi connectivity index (χ0n) is 18.7. The number of nitrogens with one attached hydrogen (secondary N) is 2. The number of methoxy groups -OCH3 is 1. The molecule has 0 fully saturated rings. The quantitative estimate of drug-likeness (QED) is 0.392. The van der Waals surface area contributed by atoms with Gasteiger partial charge >= 0.3 is 6.18 Å². The number of fused-ring (bicyclic) bond motifs is 1. The number of alkyl halides is 3. The van der Waals surface area contributed by atoms with Crippen LogP contribution in [0.3, 0.4) is 0 Å². The maximum Gasteiger partial charge on any atom is 0.435 e. The highest BCUT2D eigenvalue weighted by molar-refractivity contribution is 5.94. The van der Waals surface area contributed by atoms with E-state index in [-0.39, 0.29) is 12.2 Å². The second kappa shape index (κ2) is 9.05. The standard InChI is InChI=1S/C24H22F3N5O2/c1-14-10-22(28-16-4-7-18(34-3)8-5-16)30-20-9-6-17(12-19(14)20)29-23(33)13-32-15(2)11-21(31-32)24(25,26)27/h4-12H,13H2,1-3H3,(H,28,30)(H,29,33). The average molecular weight is 469 g/mol. The third-order valence-corrected chi connectivity index (χ3v) is 5.23. The molecule has 7 nitrogen and oxygen atoms in total. The number of amides is 1. The molecule has 0 aliphatic carbocycles. The van der Waals surface area contributed by atoms with E-state index in [2.05, 4.69) is 20.7 Å². The molecule has 2 aromatic heterocycles. The van der Waals surface area contributed by atoms with Crippen LogP contribution in [-0.4, -0.2) is 27.8 Å². The molecule has 176 valence electrons. The van der Waals surface area contributed by atoms with Gasteiger partial charge in [0.1, 0.15) is 18.1 Å². The van der Waals surface area contributed by atoms with Crippen LogP contribution in [0.15, 0.2) is 54.6 Å². The van der Waals surface area contributed by atoms with Gasteiger partial charge in [-0.2, -0.15) is 18.3 Å². The number of carbonyl (C=O) groups is 1. The largest absolute Gasteiger partial charge is 0.497 e. The lowest BCUT2D eigenvalue weighted by atomic mass is 10.1. The van der Waals surface area contributed by atoms with Crippen molar-refractivity contribution in [3.05, 3.63) is 71.5 Å². The van der Waals surface area contributed by atoms with Gasteiger partial charge in [0.15, 0.2) is 5.69 Å². The van der Waals surface area contributed by atoms with E-state index in [0.717, 1.165) is 38.7 Å². The summed E-state index contributed by atoms with van der Waals surface area (Å²) in [5.41, 5.74) is 2.27. The van der Waals surface area contributed by atoms with Crippen LogP contribution < -0.4 is 15.4 Å². The van der Waals surface area contributed by atoms with E-state index >= 15 is 0 Å². The lowest BCUT2D eigenvalue weighted by Gasteiger charge is -2.12. The molecule has 0 spiro atoms. The SMILES string of the molecule is COc1ccc(Nc2cc(C)c3cc(NC(=O)Cn4nc(C(F)(F)F)cc4C)ccc3n2)cc1. The molecule has 10 heteroatoms. The van der Waals surface area contributed by atoms with Crippen molar-refractivity contribution in [2.45, 2.75) is 26.6 Å². The fourth-order valence-electron chi connectivity index (χ4n) is 3.50. The lowest BCUT2D eigenvalue weighted by Crippen LogP contribution is -2.20. The summed E-state index contributed by atoms with van der Waals surface area (Å²) in [4.78, 5) is 17.1. The van der Waals surface area contributed by atoms with Crippen LogP contribution in [0.1, 0.15) is 17.0 Å². The smallest absolute Gasteiger partial charge is 0.435 e. The molecular formula is C24H22F3N5O2. The van der Waals surface area contributed by atoms with Crippen molar-refractivity contribution in [1.82, 2.24) is 14.8 Å². The van der Waals surface area contributed by atoms with Gasteiger partial charge < -0.3 is 15.4 Å². The van der Waals surface area contributed by atoms with E-state index in [4.69, 9.17) is 4.74 Å². The van der Waals surface area contributed by atoms with Crippen LogP contribution in [0.2, 0.25) is 0 Å². The van der Waals surface area contributed by atoms with Crippen LogP contribution >= 0.6 is 0 Å². The molecule has 0 radical (unpaired) electrons. The van der Waals surface area contributed by atoms with E-state index in [0.29, 0.717) is 11.5 Å². The number of nitrogens with zero attached hydrogens (tertiary/aromatic N) is 3. The number of aryl methyl sites for hydroxylation is 2. The fourth-order valence-corrected chi connectivity index (χ4v) is 3.50. The van der Waals surface area contributed by atoms with Gasteiger partial charge in [-0.1, -0.05) is 0 Å². The molecule has 0 atom stereocenters. The molecule has 0 unspecified atom stereocenters. The molecule has 4 aromatic rings. The summed E-state index contributed by atoms with van der Waals surface area (Å²) >= 11 is 0. The molecule has 0 saturated heterocycles. The van der Waals surface area contributed by atoms with Gasteiger partial charge in [0.05, 0.1) is 12.6 Å². The highest BCUT2D eigenvalue weighted by Gasteiger charge is 2.34. The van der Waals surface area contributed by atoms with Gasteiger partial charge in [0.2, 0.25) is 5.91 Å². The number of ether oxygens (including phenoxy) is 1. The number of pyridine rings is 1. The zero-order chi connectivity index (χ0) is 24.5. The summed E-state index contributed by atoms with van der Waals surface area (Å²) in [6.07, 6.45) is -4.56. The predicted octanol–water partition coefficient (Wildman–Crippen LogP) is 5.46. The Bertz CT molecular complexity index is 1350. The molecule has 0 aliphatic heterocycles. The summed E-state index contributed by atoms with van der Waals surface area (Å²) in [6.45, 7) is 3.07. The van der Waals surface area contributed by atoms with Crippen molar-refractivity contribution < 1.29 is 22.7 Å². The Kier molecular flexibility index (Phi) is 6.14. The second-order valence-electron chi connectivity index (χ2n) is 7.78. The number of hydrogen-bond acceptors (Lipinski definition) is 5. The Morgan fingerprint density at radius 1 is 1.03 bits per heavy atom. The second-order valence-corrected chi connectivity index (χ2v) is 7.78. The van der Waals surface area contributed by atoms with Crippen LogP contribution in [-0.2, 0) is 17.5 Å². The fraction of sp³-hybridized carbons (Fsp3) is 0.208.